The molecule has 3 aromatic heterocycles. The number of nitrogens with one attached hydrogen (secondary N) is 1. The Morgan fingerprint density at radius 1 is 1.23 bits per heavy atom. The van der Waals surface area contributed by atoms with Crippen LogP contribution in [0.4, 0.5) is 23.4 Å². The third kappa shape index (κ3) is 5.20. The molecule has 204 valence electrons. The molecular weight excluding hydrogens is 520 g/mol. The maximum Gasteiger partial charge on any atom is 0.401 e. The first-order valence-electron chi connectivity index (χ1n) is 12.0. The number of carbonyl (C=O) groups excluding carboxylic acids is 1. The number of methoxy groups -OCH3 is 1. The molecule has 5 rings (SSSR count). The van der Waals surface area contributed by atoms with Gasteiger partial charge in [0, 0.05) is 37.5 Å². The van der Waals surface area contributed by atoms with Crippen LogP contribution in [0.5, 0.6) is 5.88 Å². The number of rotatable bonds is 8. The van der Waals surface area contributed by atoms with Crippen molar-refractivity contribution in [3.63, 3.8) is 0 Å². The van der Waals surface area contributed by atoms with Crippen LogP contribution in [-0.2, 0) is 30.1 Å². The second-order valence-electron chi connectivity index (χ2n) is 9.49. The van der Waals surface area contributed by atoms with E-state index in [0.29, 0.717) is 23.4 Å². The lowest BCUT2D eigenvalue weighted by atomic mass is 10.0. The van der Waals surface area contributed by atoms with Crippen molar-refractivity contribution in [2.24, 2.45) is 7.05 Å². The first-order valence-corrected chi connectivity index (χ1v) is 12.0. The number of nitrogens with zero attached hydrogens (tertiary/aromatic N) is 5. The SMILES string of the molecule is COc1nc(Cc2cn(C)nc2C)ncc1-c1ccc(CC(=O)Nc2cc(C3(C(F)(F)F)CC3)on2)c(F)c1. The van der Waals surface area contributed by atoms with E-state index in [0.717, 1.165) is 17.3 Å². The normalized spacial score (nSPS) is 14.3. The van der Waals surface area contributed by atoms with Gasteiger partial charge in [0.05, 0.1) is 24.8 Å². The summed E-state index contributed by atoms with van der Waals surface area (Å²) in [5.74, 6) is -1.05. The molecule has 0 unspecified atom stereocenters. The second-order valence-corrected chi connectivity index (χ2v) is 9.49. The van der Waals surface area contributed by atoms with Crippen molar-refractivity contribution >= 4 is 11.7 Å². The molecule has 0 atom stereocenters. The number of hydrogen-bond acceptors (Lipinski definition) is 7. The van der Waals surface area contributed by atoms with E-state index in [1.54, 1.807) is 16.9 Å². The van der Waals surface area contributed by atoms with Crippen LogP contribution in [0, 0.1) is 12.7 Å². The van der Waals surface area contributed by atoms with Crippen LogP contribution in [0.25, 0.3) is 11.1 Å². The topological polar surface area (TPSA) is 108 Å². The van der Waals surface area contributed by atoms with Gasteiger partial charge in [-0.15, -0.1) is 0 Å². The van der Waals surface area contributed by atoms with E-state index >= 15 is 0 Å². The summed E-state index contributed by atoms with van der Waals surface area (Å²) in [4.78, 5) is 21.3. The van der Waals surface area contributed by atoms with Crippen LogP contribution in [0.3, 0.4) is 0 Å². The molecule has 0 bridgehead atoms. The van der Waals surface area contributed by atoms with E-state index in [2.05, 4.69) is 25.5 Å². The van der Waals surface area contributed by atoms with E-state index in [4.69, 9.17) is 9.26 Å². The highest BCUT2D eigenvalue weighted by Crippen LogP contribution is 2.59. The average molecular weight is 545 g/mol. The van der Waals surface area contributed by atoms with Crippen molar-refractivity contribution < 1.29 is 31.6 Å². The summed E-state index contributed by atoms with van der Waals surface area (Å²) >= 11 is 0. The third-order valence-corrected chi connectivity index (χ3v) is 6.72. The zero-order chi connectivity index (χ0) is 27.9. The van der Waals surface area contributed by atoms with Crippen molar-refractivity contribution in [1.82, 2.24) is 24.9 Å². The van der Waals surface area contributed by atoms with Crippen LogP contribution in [0.2, 0.25) is 0 Å². The minimum absolute atomic E-state index is 0.0810. The minimum atomic E-state index is -4.47. The Morgan fingerprint density at radius 3 is 2.62 bits per heavy atom. The number of aryl methyl sites for hydroxylation is 2. The molecule has 1 aliphatic rings. The highest BCUT2D eigenvalue weighted by molar-refractivity contribution is 5.91. The number of carbonyl (C=O) groups is 1. The van der Waals surface area contributed by atoms with Gasteiger partial charge in [-0.2, -0.15) is 23.3 Å². The number of amides is 1. The standard InChI is InChI=1S/C26H24F4N6O3/c1-14-17(13-36(2)34-14)9-21-31-12-18(24(33-21)38-3)15-4-5-16(19(27)8-15)10-23(37)32-22-11-20(39-35-22)25(6-7-25)26(28,29)30/h4-5,8,11-13H,6-7,9-10H2,1-3H3,(H,32,35,37). The summed E-state index contributed by atoms with van der Waals surface area (Å²) in [5.41, 5.74) is 0.773. The van der Waals surface area contributed by atoms with Gasteiger partial charge in [-0.25, -0.2) is 9.37 Å². The monoisotopic (exact) mass is 544 g/mol. The summed E-state index contributed by atoms with van der Waals surface area (Å²) in [6, 6.07) is 5.34. The minimum Gasteiger partial charge on any atom is -0.480 e. The van der Waals surface area contributed by atoms with E-state index in [-0.39, 0.29) is 42.3 Å². The van der Waals surface area contributed by atoms with Gasteiger partial charge in [0.25, 0.3) is 0 Å². The molecule has 0 saturated heterocycles. The van der Waals surface area contributed by atoms with Crippen molar-refractivity contribution in [3.8, 4) is 17.0 Å². The zero-order valence-corrected chi connectivity index (χ0v) is 21.3. The van der Waals surface area contributed by atoms with Gasteiger partial charge in [-0.3, -0.25) is 9.48 Å². The van der Waals surface area contributed by atoms with Crippen LogP contribution < -0.4 is 10.1 Å². The first kappa shape index (κ1) is 26.3. The fourth-order valence-corrected chi connectivity index (χ4v) is 4.40. The van der Waals surface area contributed by atoms with Crippen molar-refractivity contribution in [1.29, 1.82) is 0 Å². The predicted octanol–water partition coefficient (Wildman–Crippen LogP) is 4.69. The highest BCUT2D eigenvalue weighted by Gasteiger charge is 2.66. The molecule has 0 spiro atoms. The number of ether oxygens (including phenoxy) is 1. The summed E-state index contributed by atoms with van der Waals surface area (Å²) in [6.07, 6.45) is -1.15. The quantitative estimate of drug-likeness (QED) is 0.321. The number of aromatic nitrogens is 5. The van der Waals surface area contributed by atoms with E-state index in [1.165, 1.54) is 19.2 Å². The predicted molar refractivity (Wildman–Crippen MR) is 131 cm³/mol. The Hall–Kier alpha value is -4.29. The number of hydrogen-bond donors (Lipinski definition) is 1. The molecule has 1 fully saturated rings. The smallest absolute Gasteiger partial charge is 0.401 e. The number of benzene rings is 1. The van der Waals surface area contributed by atoms with Crippen LogP contribution in [-0.4, -0.2) is 44.1 Å². The van der Waals surface area contributed by atoms with Gasteiger partial charge < -0.3 is 14.6 Å². The fourth-order valence-electron chi connectivity index (χ4n) is 4.40. The maximum atomic E-state index is 15.0. The lowest BCUT2D eigenvalue weighted by Crippen LogP contribution is -2.28. The van der Waals surface area contributed by atoms with Gasteiger partial charge >= 0.3 is 6.18 Å². The van der Waals surface area contributed by atoms with Gasteiger partial charge in [-0.05, 0) is 37.0 Å². The first-order chi connectivity index (χ1) is 18.5. The Morgan fingerprint density at radius 2 is 2.00 bits per heavy atom. The highest BCUT2D eigenvalue weighted by atomic mass is 19.4. The fraction of sp³-hybridized carbons (Fsp3) is 0.346. The van der Waals surface area contributed by atoms with Gasteiger partial charge in [-0.1, -0.05) is 17.3 Å². The summed E-state index contributed by atoms with van der Waals surface area (Å²) in [5, 5.41) is 10.2. The number of alkyl halides is 3. The Kier molecular flexibility index (Phi) is 6.60. The summed E-state index contributed by atoms with van der Waals surface area (Å²) < 4.78 is 66.8. The summed E-state index contributed by atoms with van der Waals surface area (Å²) in [7, 11) is 3.28. The molecule has 9 nitrogen and oxygen atoms in total. The average Bonchev–Trinajstić information content (AvgIpc) is 3.48. The van der Waals surface area contributed by atoms with Crippen molar-refractivity contribution in [3.05, 3.63) is 70.9 Å². The molecule has 0 radical (unpaired) electrons. The Labute approximate surface area is 220 Å². The molecular formula is C26H24F4N6O3. The number of halogens is 4. The lowest BCUT2D eigenvalue weighted by molar-refractivity contribution is -0.165. The van der Waals surface area contributed by atoms with Crippen LogP contribution in [0.15, 0.2) is 41.2 Å². The molecule has 4 aromatic rings. The molecule has 39 heavy (non-hydrogen) atoms. The molecule has 1 aromatic carbocycles. The third-order valence-electron chi connectivity index (χ3n) is 6.72. The van der Waals surface area contributed by atoms with Crippen LogP contribution >= 0.6 is 0 Å². The maximum absolute atomic E-state index is 15.0. The molecule has 1 amide bonds. The molecule has 1 N–H and O–H groups in total. The summed E-state index contributed by atoms with van der Waals surface area (Å²) in [6.45, 7) is 1.89. The molecule has 13 heteroatoms. The molecule has 1 aliphatic carbocycles. The van der Waals surface area contributed by atoms with Gasteiger partial charge in [0.2, 0.25) is 11.8 Å². The van der Waals surface area contributed by atoms with Crippen molar-refractivity contribution in [2.75, 3.05) is 12.4 Å². The Balaban J connectivity index is 1.27. The van der Waals surface area contributed by atoms with Gasteiger partial charge in [0.15, 0.2) is 11.6 Å². The molecule has 0 aliphatic heterocycles. The number of anilines is 1. The molecule has 3 heterocycles. The van der Waals surface area contributed by atoms with Crippen molar-refractivity contribution in [2.45, 2.75) is 44.2 Å². The Bertz CT molecular complexity index is 1540. The van der Waals surface area contributed by atoms with E-state index < -0.39 is 23.3 Å². The largest absolute Gasteiger partial charge is 0.480 e. The van der Waals surface area contributed by atoms with E-state index in [1.807, 2.05) is 20.2 Å². The second kappa shape index (κ2) is 9.79. The van der Waals surface area contributed by atoms with Crippen LogP contribution in [0.1, 0.15) is 41.2 Å². The lowest BCUT2D eigenvalue weighted by Gasteiger charge is -2.14. The van der Waals surface area contributed by atoms with Gasteiger partial charge in [0.1, 0.15) is 17.1 Å². The van der Waals surface area contributed by atoms with E-state index in [9.17, 15) is 22.4 Å². The zero-order valence-electron chi connectivity index (χ0n) is 21.3. The molecule has 1 saturated carbocycles.